The van der Waals surface area contributed by atoms with Gasteiger partial charge in [0.1, 0.15) is 0 Å². The number of rotatable bonds is 6. The fraction of sp³-hybridized carbons (Fsp3) is 0.867. The van der Waals surface area contributed by atoms with E-state index in [9.17, 15) is 14.7 Å². The standard InChI is InChI=1S/C15H28N2O3/c1-5-15(6-2,14(19)20)11-13(18)17-9-7-12(8-10-17)16(3)4/h12H,5-11H2,1-4H3,(H,19,20). The van der Waals surface area contributed by atoms with Gasteiger partial charge in [-0.3, -0.25) is 9.59 Å². The molecule has 0 saturated carbocycles. The molecule has 0 bridgehead atoms. The van der Waals surface area contributed by atoms with Crippen LogP contribution in [0.4, 0.5) is 0 Å². The zero-order valence-electron chi connectivity index (χ0n) is 13.2. The maximum absolute atomic E-state index is 12.4. The van der Waals surface area contributed by atoms with Crippen molar-refractivity contribution in [1.29, 1.82) is 0 Å². The lowest BCUT2D eigenvalue weighted by Crippen LogP contribution is -2.46. The Bertz CT molecular complexity index is 343. The Labute approximate surface area is 121 Å². The number of piperidine rings is 1. The first-order valence-corrected chi connectivity index (χ1v) is 7.54. The molecule has 1 fully saturated rings. The Hall–Kier alpha value is -1.10. The molecule has 1 amide bonds. The Morgan fingerprint density at radius 3 is 2.05 bits per heavy atom. The van der Waals surface area contributed by atoms with Gasteiger partial charge in [-0.1, -0.05) is 13.8 Å². The third kappa shape index (κ3) is 3.72. The number of hydrogen-bond acceptors (Lipinski definition) is 3. The quantitative estimate of drug-likeness (QED) is 0.808. The molecule has 1 rings (SSSR count). The molecule has 0 radical (unpaired) electrons. The van der Waals surface area contributed by atoms with Gasteiger partial charge in [-0.25, -0.2) is 0 Å². The SMILES string of the molecule is CCC(CC)(CC(=O)N1CCC(N(C)C)CC1)C(=O)O. The van der Waals surface area contributed by atoms with Crippen molar-refractivity contribution in [2.45, 2.75) is 52.0 Å². The number of carboxylic acids is 1. The maximum Gasteiger partial charge on any atom is 0.310 e. The fourth-order valence-corrected chi connectivity index (χ4v) is 2.91. The number of hydrogen-bond donors (Lipinski definition) is 1. The highest BCUT2D eigenvalue weighted by Crippen LogP contribution is 2.32. The Morgan fingerprint density at radius 1 is 1.20 bits per heavy atom. The number of carboxylic acid groups (broad SMARTS) is 1. The number of carbonyl (C=O) groups excluding carboxylic acids is 1. The van der Waals surface area contributed by atoms with Crippen molar-refractivity contribution in [2.75, 3.05) is 27.2 Å². The average Bonchev–Trinajstić information content (AvgIpc) is 2.44. The second-order valence-corrected chi connectivity index (χ2v) is 6.04. The lowest BCUT2D eigenvalue weighted by atomic mass is 9.78. The summed E-state index contributed by atoms with van der Waals surface area (Å²) in [6.45, 7) is 5.18. The number of amides is 1. The Balaban J connectivity index is 2.61. The van der Waals surface area contributed by atoms with E-state index in [0.717, 1.165) is 25.9 Å². The molecule has 0 aliphatic carbocycles. The van der Waals surface area contributed by atoms with Gasteiger partial charge in [-0.2, -0.15) is 0 Å². The molecule has 1 N–H and O–H groups in total. The smallest absolute Gasteiger partial charge is 0.310 e. The summed E-state index contributed by atoms with van der Waals surface area (Å²) in [5.41, 5.74) is -0.893. The largest absolute Gasteiger partial charge is 0.481 e. The first-order valence-electron chi connectivity index (χ1n) is 7.54. The van der Waals surface area contributed by atoms with E-state index in [2.05, 4.69) is 19.0 Å². The second kappa shape index (κ2) is 7.07. The molecule has 5 nitrogen and oxygen atoms in total. The lowest BCUT2D eigenvalue weighted by Gasteiger charge is -2.37. The van der Waals surface area contributed by atoms with E-state index in [1.54, 1.807) is 0 Å². The van der Waals surface area contributed by atoms with E-state index in [0.29, 0.717) is 18.9 Å². The van der Waals surface area contributed by atoms with Gasteiger partial charge in [0.15, 0.2) is 0 Å². The van der Waals surface area contributed by atoms with E-state index in [-0.39, 0.29) is 12.3 Å². The van der Waals surface area contributed by atoms with E-state index in [1.807, 2.05) is 18.7 Å². The van der Waals surface area contributed by atoms with Crippen LogP contribution in [0.15, 0.2) is 0 Å². The van der Waals surface area contributed by atoms with Crippen molar-refractivity contribution < 1.29 is 14.7 Å². The van der Waals surface area contributed by atoms with Gasteiger partial charge in [-0.05, 0) is 39.8 Å². The van der Waals surface area contributed by atoms with Crippen molar-refractivity contribution in [3.05, 3.63) is 0 Å². The first-order chi connectivity index (χ1) is 9.36. The molecule has 1 saturated heterocycles. The van der Waals surface area contributed by atoms with Crippen LogP contribution in [0.25, 0.3) is 0 Å². The van der Waals surface area contributed by atoms with Crippen LogP contribution in [0.2, 0.25) is 0 Å². The molecule has 0 aromatic heterocycles. The summed E-state index contributed by atoms with van der Waals surface area (Å²) in [5, 5.41) is 9.41. The van der Waals surface area contributed by atoms with Crippen LogP contribution in [-0.2, 0) is 9.59 Å². The molecule has 1 aliphatic heterocycles. The second-order valence-electron chi connectivity index (χ2n) is 6.04. The molecule has 1 heterocycles. The number of carbonyl (C=O) groups is 2. The zero-order chi connectivity index (χ0) is 15.3. The van der Waals surface area contributed by atoms with Gasteiger partial charge in [0.2, 0.25) is 5.91 Å². The van der Waals surface area contributed by atoms with Crippen LogP contribution >= 0.6 is 0 Å². The Kier molecular flexibility index (Phi) is 5.99. The van der Waals surface area contributed by atoms with Crippen LogP contribution < -0.4 is 0 Å². The molecule has 116 valence electrons. The molecule has 0 unspecified atom stereocenters. The normalized spacial score (nSPS) is 17.6. The van der Waals surface area contributed by atoms with Gasteiger partial charge in [0.25, 0.3) is 0 Å². The van der Waals surface area contributed by atoms with Gasteiger partial charge in [-0.15, -0.1) is 0 Å². The van der Waals surface area contributed by atoms with Crippen molar-refractivity contribution in [2.24, 2.45) is 5.41 Å². The van der Waals surface area contributed by atoms with Gasteiger partial charge in [0, 0.05) is 25.6 Å². The van der Waals surface area contributed by atoms with E-state index in [4.69, 9.17) is 0 Å². The van der Waals surface area contributed by atoms with E-state index >= 15 is 0 Å². The van der Waals surface area contributed by atoms with Gasteiger partial charge < -0.3 is 14.9 Å². The van der Waals surface area contributed by atoms with Crippen molar-refractivity contribution >= 4 is 11.9 Å². The summed E-state index contributed by atoms with van der Waals surface area (Å²) in [7, 11) is 4.12. The molecule has 0 aromatic carbocycles. The van der Waals surface area contributed by atoms with Crippen LogP contribution in [0.1, 0.15) is 46.0 Å². The highest BCUT2D eigenvalue weighted by Gasteiger charge is 2.38. The summed E-state index contributed by atoms with van der Waals surface area (Å²) in [5.74, 6) is -0.854. The summed E-state index contributed by atoms with van der Waals surface area (Å²) in [6, 6.07) is 0.528. The summed E-state index contributed by atoms with van der Waals surface area (Å²) in [6.07, 6.45) is 3.06. The van der Waals surface area contributed by atoms with Crippen LogP contribution in [-0.4, -0.2) is 60.0 Å². The fourth-order valence-electron chi connectivity index (χ4n) is 2.91. The minimum atomic E-state index is -0.893. The average molecular weight is 284 g/mol. The predicted molar refractivity (Wildman–Crippen MR) is 78.6 cm³/mol. The predicted octanol–water partition coefficient (Wildman–Crippen LogP) is 1.82. The van der Waals surface area contributed by atoms with Crippen molar-refractivity contribution in [1.82, 2.24) is 9.80 Å². The third-order valence-corrected chi connectivity index (χ3v) is 4.84. The molecule has 20 heavy (non-hydrogen) atoms. The van der Waals surface area contributed by atoms with Crippen LogP contribution in [0.3, 0.4) is 0 Å². The molecule has 1 aliphatic rings. The molecular weight excluding hydrogens is 256 g/mol. The molecule has 5 heteroatoms. The van der Waals surface area contributed by atoms with Crippen LogP contribution in [0.5, 0.6) is 0 Å². The van der Waals surface area contributed by atoms with E-state index in [1.165, 1.54) is 0 Å². The number of likely N-dealkylation sites (tertiary alicyclic amines) is 1. The highest BCUT2D eigenvalue weighted by atomic mass is 16.4. The lowest BCUT2D eigenvalue weighted by molar-refractivity contribution is -0.154. The minimum Gasteiger partial charge on any atom is -0.481 e. The monoisotopic (exact) mass is 284 g/mol. The third-order valence-electron chi connectivity index (χ3n) is 4.84. The number of nitrogens with zero attached hydrogens (tertiary/aromatic N) is 2. The molecule has 0 aromatic rings. The van der Waals surface area contributed by atoms with E-state index < -0.39 is 11.4 Å². The zero-order valence-corrected chi connectivity index (χ0v) is 13.2. The summed E-state index contributed by atoms with van der Waals surface area (Å²) >= 11 is 0. The minimum absolute atomic E-state index is 0.00620. The first kappa shape index (κ1) is 17.0. The molecular formula is C15H28N2O3. The Morgan fingerprint density at radius 2 is 1.70 bits per heavy atom. The number of aliphatic carboxylic acids is 1. The topological polar surface area (TPSA) is 60.9 Å². The highest BCUT2D eigenvalue weighted by molar-refractivity contribution is 5.85. The van der Waals surface area contributed by atoms with Crippen molar-refractivity contribution in [3.8, 4) is 0 Å². The summed E-state index contributed by atoms with van der Waals surface area (Å²) < 4.78 is 0. The summed E-state index contributed by atoms with van der Waals surface area (Å²) in [4.78, 5) is 27.9. The van der Waals surface area contributed by atoms with Crippen molar-refractivity contribution in [3.63, 3.8) is 0 Å². The van der Waals surface area contributed by atoms with Gasteiger partial charge in [0.05, 0.1) is 5.41 Å². The van der Waals surface area contributed by atoms with Crippen LogP contribution in [0, 0.1) is 5.41 Å². The molecule has 0 atom stereocenters. The van der Waals surface area contributed by atoms with Gasteiger partial charge >= 0.3 is 5.97 Å². The maximum atomic E-state index is 12.4. The molecule has 0 spiro atoms.